The van der Waals surface area contributed by atoms with Gasteiger partial charge in [0.1, 0.15) is 5.78 Å². The first kappa shape index (κ1) is 12.0. The summed E-state index contributed by atoms with van der Waals surface area (Å²) < 4.78 is 16.3. The second kappa shape index (κ2) is 4.31. The molecule has 2 nitrogen and oxygen atoms in total. The van der Waals surface area contributed by atoms with Crippen LogP contribution >= 0.6 is 0 Å². The predicted molar refractivity (Wildman–Crippen MR) is 86.1 cm³/mol. The van der Waals surface area contributed by atoms with E-state index >= 15 is 0 Å². The van der Waals surface area contributed by atoms with E-state index in [1.807, 2.05) is 13.0 Å². The smallest absolute Gasteiger partial charge is 0.178 e. The van der Waals surface area contributed by atoms with Gasteiger partial charge in [0.15, 0.2) is 5.78 Å². The van der Waals surface area contributed by atoms with E-state index in [1.54, 1.807) is 12.2 Å². The van der Waals surface area contributed by atoms with Crippen LogP contribution in [-0.4, -0.2) is 11.6 Å². The van der Waals surface area contributed by atoms with Gasteiger partial charge in [0, 0.05) is 19.9 Å². The fourth-order valence-corrected chi connectivity index (χ4v) is 5.59. The Morgan fingerprint density at radius 2 is 2.05 bits per heavy atom. The van der Waals surface area contributed by atoms with Crippen molar-refractivity contribution in [2.24, 2.45) is 28.6 Å². The third-order valence-electron chi connectivity index (χ3n) is 6.92. The molecule has 0 aromatic rings. The highest BCUT2D eigenvalue weighted by molar-refractivity contribution is 6.02. The maximum Gasteiger partial charge on any atom is 0.178 e. The summed E-state index contributed by atoms with van der Waals surface area (Å²) in [5.74, 6) is 0.496. The van der Waals surface area contributed by atoms with Crippen molar-refractivity contribution in [3.8, 4) is 0 Å². The van der Waals surface area contributed by atoms with Gasteiger partial charge < -0.3 is 0 Å². The molecule has 116 valence electrons. The molecule has 4 aliphatic carbocycles. The predicted octanol–water partition coefficient (Wildman–Crippen LogP) is 4.03. The molecular formula is C20H24O2. The number of carbonyl (C=O) groups is 2. The van der Waals surface area contributed by atoms with Gasteiger partial charge in [-0.15, -0.1) is 0 Å². The topological polar surface area (TPSA) is 34.1 Å². The first-order valence-corrected chi connectivity index (χ1v) is 8.28. The van der Waals surface area contributed by atoms with Crippen LogP contribution in [0.3, 0.4) is 0 Å². The van der Waals surface area contributed by atoms with Gasteiger partial charge in [0.2, 0.25) is 0 Å². The summed E-state index contributed by atoms with van der Waals surface area (Å²) in [5.41, 5.74) is 1.28. The first-order valence-electron chi connectivity index (χ1n) is 9.28. The fraction of sp³-hybridized carbons (Fsp3) is 0.600. The molecule has 0 saturated heterocycles. The Bertz CT molecular complexity index is 732. The zero-order valence-electron chi connectivity index (χ0n) is 15.3. The Morgan fingerprint density at radius 3 is 2.82 bits per heavy atom. The normalized spacial score (nSPS) is 50.5. The van der Waals surface area contributed by atoms with Gasteiger partial charge in [-0.2, -0.15) is 0 Å². The summed E-state index contributed by atoms with van der Waals surface area (Å²) in [5, 5.41) is 0. The Balaban J connectivity index is 1.78. The van der Waals surface area contributed by atoms with Crippen LogP contribution in [0.15, 0.2) is 36.0 Å². The molecule has 0 aromatic carbocycles. The minimum Gasteiger partial charge on any atom is -0.299 e. The van der Waals surface area contributed by atoms with Crippen molar-refractivity contribution in [2.45, 2.75) is 45.9 Å². The third kappa shape index (κ3) is 1.61. The van der Waals surface area contributed by atoms with E-state index in [1.165, 1.54) is 0 Å². The number of carbonyl (C=O) groups excluding carboxylic acids is 2. The molecule has 4 rings (SSSR count). The van der Waals surface area contributed by atoms with Crippen LogP contribution < -0.4 is 0 Å². The van der Waals surface area contributed by atoms with E-state index in [4.69, 9.17) is 2.74 Å². The molecule has 2 heteroatoms. The Labute approximate surface area is 135 Å². The molecule has 3 saturated carbocycles. The van der Waals surface area contributed by atoms with Crippen LogP contribution in [0.2, 0.25) is 0 Å². The fourth-order valence-electron chi connectivity index (χ4n) is 5.59. The molecule has 0 aliphatic heterocycles. The monoisotopic (exact) mass is 298 g/mol. The Hall–Kier alpha value is -1.44. The lowest BCUT2D eigenvalue weighted by atomic mass is 9.48. The van der Waals surface area contributed by atoms with Gasteiger partial charge in [-0.1, -0.05) is 32.1 Å². The molecule has 4 aliphatic rings. The molecule has 0 radical (unpaired) electrons. The number of Topliss-reactive ketones (excluding diaryl/α,β-unsaturated/α-hetero) is 1. The van der Waals surface area contributed by atoms with E-state index in [9.17, 15) is 9.59 Å². The second-order valence-corrected chi connectivity index (χ2v) is 7.93. The summed E-state index contributed by atoms with van der Waals surface area (Å²) in [6.45, 7) is 8.38. The van der Waals surface area contributed by atoms with Crippen molar-refractivity contribution in [1.29, 1.82) is 0 Å². The van der Waals surface area contributed by atoms with E-state index < -0.39 is 11.8 Å². The van der Waals surface area contributed by atoms with Crippen LogP contribution in [0.5, 0.6) is 0 Å². The van der Waals surface area contributed by atoms with Gasteiger partial charge in [-0.25, -0.2) is 0 Å². The summed E-state index contributed by atoms with van der Waals surface area (Å²) >= 11 is 0. The van der Waals surface area contributed by atoms with Crippen molar-refractivity contribution in [2.75, 3.05) is 0 Å². The minimum atomic E-state index is -1.70. The number of rotatable bonds is 0. The lowest BCUT2D eigenvalue weighted by molar-refractivity contribution is -0.131. The zero-order valence-corrected chi connectivity index (χ0v) is 13.3. The molecule has 0 spiro atoms. The largest absolute Gasteiger partial charge is 0.299 e. The third-order valence-corrected chi connectivity index (χ3v) is 6.92. The molecule has 0 amide bonds. The Morgan fingerprint density at radius 1 is 1.27 bits per heavy atom. The maximum atomic E-state index is 12.7. The van der Waals surface area contributed by atoms with Crippen LogP contribution in [0.25, 0.3) is 0 Å². The average molecular weight is 298 g/mol. The Kier molecular flexibility index (Phi) is 2.36. The highest BCUT2D eigenvalue weighted by Crippen LogP contribution is 2.64. The quantitative estimate of drug-likeness (QED) is 0.676. The van der Waals surface area contributed by atoms with E-state index in [0.717, 1.165) is 30.4 Å². The van der Waals surface area contributed by atoms with Gasteiger partial charge in [-0.3, -0.25) is 9.59 Å². The molecule has 5 atom stereocenters. The number of ketones is 2. The molecule has 3 fully saturated rings. The minimum absolute atomic E-state index is 0.0232. The average Bonchev–Trinajstić information content (AvgIpc) is 2.69. The number of allylic oxidation sites excluding steroid dienone is 5. The first-order chi connectivity index (χ1) is 11.1. The maximum absolute atomic E-state index is 12.7. The van der Waals surface area contributed by atoms with Crippen LogP contribution in [-0.2, 0) is 9.59 Å². The number of hydrogen-bond donors (Lipinski definition) is 0. The standard InChI is InChI=1S/C20H24O2/c1-12-10-14-15-4-5-18(22)20(15,3)9-7-16(14)19(2)8-6-13(21)11-17(12)19/h6,8,11,14-16H,1,4-5,7,9-10H2,2-3H3/t14-,15-,16-,19+,20-/m0/s1/i5D2. The molecule has 0 heterocycles. The summed E-state index contributed by atoms with van der Waals surface area (Å²) in [6, 6.07) is 0. The van der Waals surface area contributed by atoms with Crippen molar-refractivity contribution in [3.05, 3.63) is 36.0 Å². The van der Waals surface area contributed by atoms with Gasteiger partial charge in [0.25, 0.3) is 0 Å². The second-order valence-electron chi connectivity index (χ2n) is 7.93. The van der Waals surface area contributed by atoms with Gasteiger partial charge in [-0.05, 0) is 61.2 Å². The molecule has 0 bridgehead atoms. The van der Waals surface area contributed by atoms with Crippen molar-refractivity contribution < 1.29 is 12.3 Å². The molecule has 0 unspecified atom stereocenters. The molecular weight excluding hydrogens is 272 g/mol. The van der Waals surface area contributed by atoms with Crippen molar-refractivity contribution in [3.63, 3.8) is 0 Å². The lowest BCUT2D eigenvalue weighted by Gasteiger charge is -2.56. The summed E-state index contributed by atoms with van der Waals surface area (Å²) in [6.07, 6.45) is 6.46. The highest BCUT2D eigenvalue weighted by atomic mass is 16.1. The number of fused-ring (bicyclic) bond motifs is 5. The van der Waals surface area contributed by atoms with Crippen LogP contribution in [0.1, 0.15) is 48.6 Å². The van der Waals surface area contributed by atoms with Gasteiger partial charge >= 0.3 is 0 Å². The van der Waals surface area contributed by atoms with Gasteiger partial charge in [0.05, 0.1) is 0 Å². The van der Waals surface area contributed by atoms with Crippen LogP contribution in [0, 0.1) is 28.6 Å². The molecule has 0 aromatic heterocycles. The zero-order chi connectivity index (χ0) is 17.5. The lowest BCUT2D eigenvalue weighted by Crippen LogP contribution is -2.50. The van der Waals surface area contributed by atoms with Crippen LogP contribution in [0.4, 0.5) is 0 Å². The number of hydrogen-bond acceptors (Lipinski definition) is 2. The van der Waals surface area contributed by atoms with E-state index in [0.29, 0.717) is 12.3 Å². The molecule has 0 N–H and O–H groups in total. The SMILES string of the molecule is [2H]C1([2H])C[C@H]2[C@@H]3CC(=C)C4=CC(=O)C=C[C@]4(C)[C@H]3CC[C@]2(C)C1=O. The summed E-state index contributed by atoms with van der Waals surface area (Å²) in [7, 11) is 0. The molecule has 22 heavy (non-hydrogen) atoms. The van der Waals surface area contributed by atoms with Crippen molar-refractivity contribution >= 4 is 11.6 Å². The highest BCUT2D eigenvalue weighted by Gasteiger charge is 2.59. The van der Waals surface area contributed by atoms with Crippen molar-refractivity contribution in [1.82, 2.24) is 0 Å². The van der Waals surface area contributed by atoms with E-state index in [-0.39, 0.29) is 28.8 Å². The van der Waals surface area contributed by atoms with E-state index in [2.05, 4.69) is 13.5 Å². The summed E-state index contributed by atoms with van der Waals surface area (Å²) in [4.78, 5) is 24.5.